The molecule has 0 aromatic heterocycles. The molecular weight excluding hydrogens is 146 g/mol. The van der Waals surface area contributed by atoms with Crippen molar-refractivity contribution in [2.75, 3.05) is 0 Å². The molecule has 56 valence electrons. The fraction of sp³-hybridized carbons (Fsp3) is 0.625. The van der Waals surface area contributed by atoms with Crippen LogP contribution in [0.25, 0.3) is 0 Å². The van der Waals surface area contributed by atoms with Gasteiger partial charge in [-0.05, 0) is 11.0 Å². The van der Waals surface area contributed by atoms with Gasteiger partial charge in [0.1, 0.15) is 5.17 Å². The first-order chi connectivity index (χ1) is 4.50. The standard InChI is InChI=1S/C8H12ClN/c1-8(2,3)6-4-7(9)10-5-6/h5H,4H2,1-3H3. The Kier molecular flexibility index (Phi) is 1.86. The lowest BCUT2D eigenvalue weighted by molar-refractivity contribution is 0.499. The van der Waals surface area contributed by atoms with Crippen LogP contribution >= 0.6 is 11.6 Å². The van der Waals surface area contributed by atoms with Gasteiger partial charge in [-0.25, -0.2) is 4.99 Å². The Balaban J connectivity index is 2.66. The monoisotopic (exact) mass is 157 g/mol. The minimum absolute atomic E-state index is 0.222. The summed E-state index contributed by atoms with van der Waals surface area (Å²) in [6.07, 6.45) is 2.72. The van der Waals surface area contributed by atoms with Gasteiger partial charge in [0.2, 0.25) is 0 Å². The molecule has 0 bridgehead atoms. The van der Waals surface area contributed by atoms with Crippen molar-refractivity contribution >= 4 is 16.8 Å². The smallest absolute Gasteiger partial charge is 0.110 e. The van der Waals surface area contributed by atoms with Gasteiger partial charge < -0.3 is 0 Å². The summed E-state index contributed by atoms with van der Waals surface area (Å²) in [5.74, 6) is 0. The first kappa shape index (κ1) is 7.80. The van der Waals surface area contributed by atoms with Gasteiger partial charge in [0.15, 0.2) is 0 Å². The van der Waals surface area contributed by atoms with Gasteiger partial charge in [-0.1, -0.05) is 32.4 Å². The molecule has 1 heterocycles. The van der Waals surface area contributed by atoms with E-state index in [1.54, 1.807) is 0 Å². The van der Waals surface area contributed by atoms with Gasteiger partial charge >= 0.3 is 0 Å². The number of hydrogen-bond donors (Lipinski definition) is 0. The number of rotatable bonds is 0. The van der Waals surface area contributed by atoms with Crippen molar-refractivity contribution in [2.45, 2.75) is 27.2 Å². The van der Waals surface area contributed by atoms with Crippen LogP contribution < -0.4 is 0 Å². The normalized spacial score (nSPS) is 18.8. The molecule has 0 fully saturated rings. The van der Waals surface area contributed by atoms with Gasteiger partial charge in [0.05, 0.1) is 0 Å². The van der Waals surface area contributed by atoms with Crippen LogP contribution in [0.2, 0.25) is 0 Å². The molecular formula is C8H12ClN. The van der Waals surface area contributed by atoms with Crippen molar-refractivity contribution in [2.24, 2.45) is 10.4 Å². The number of nitrogens with zero attached hydrogens (tertiary/aromatic N) is 1. The van der Waals surface area contributed by atoms with Crippen LogP contribution in [0.3, 0.4) is 0 Å². The highest BCUT2D eigenvalue weighted by atomic mass is 35.5. The highest BCUT2D eigenvalue weighted by Gasteiger charge is 2.20. The molecule has 0 radical (unpaired) electrons. The zero-order valence-electron chi connectivity index (χ0n) is 6.61. The maximum Gasteiger partial charge on any atom is 0.110 e. The highest BCUT2D eigenvalue weighted by molar-refractivity contribution is 6.66. The Hall–Kier alpha value is -0.300. The van der Waals surface area contributed by atoms with E-state index in [2.05, 4.69) is 25.8 Å². The molecule has 0 N–H and O–H groups in total. The van der Waals surface area contributed by atoms with E-state index < -0.39 is 0 Å². The maximum absolute atomic E-state index is 5.71. The quantitative estimate of drug-likeness (QED) is 0.513. The topological polar surface area (TPSA) is 12.4 Å². The maximum atomic E-state index is 5.71. The average Bonchev–Trinajstić information content (AvgIpc) is 2.11. The lowest BCUT2D eigenvalue weighted by Gasteiger charge is -2.18. The lowest BCUT2D eigenvalue weighted by Crippen LogP contribution is -2.08. The molecule has 1 aliphatic rings. The van der Waals surface area contributed by atoms with Crippen molar-refractivity contribution < 1.29 is 0 Å². The Labute approximate surface area is 66.8 Å². The summed E-state index contributed by atoms with van der Waals surface area (Å²) in [6, 6.07) is 0. The molecule has 1 rings (SSSR count). The minimum Gasteiger partial charge on any atom is -0.249 e. The van der Waals surface area contributed by atoms with E-state index in [-0.39, 0.29) is 5.41 Å². The number of aliphatic imine (C=N–C) groups is 1. The van der Waals surface area contributed by atoms with Crippen LogP contribution in [0.15, 0.2) is 16.8 Å². The predicted molar refractivity (Wildman–Crippen MR) is 45.4 cm³/mol. The minimum atomic E-state index is 0.222. The average molecular weight is 158 g/mol. The van der Waals surface area contributed by atoms with Gasteiger partial charge in [-0.2, -0.15) is 0 Å². The van der Waals surface area contributed by atoms with Crippen LogP contribution in [-0.4, -0.2) is 5.17 Å². The molecule has 0 saturated carbocycles. The van der Waals surface area contributed by atoms with E-state index in [4.69, 9.17) is 11.6 Å². The molecule has 1 nitrogen and oxygen atoms in total. The fourth-order valence-corrected chi connectivity index (χ4v) is 1.05. The number of halogens is 1. The van der Waals surface area contributed by atoms with Crippen molar-refractivity contribution in [1.82, 2.24) is 0 Å². The molecule has 0 atom stereocenters. The predicted octanol–water partition coefficient (Wildman–Crippen LogP) is 2.96. The molecule has 0 saturated heterocycles. The molecule has 0 aromatic carbocycles. The summed E-state index contributed by atoms with van der Waals surface area (Å²) in [5.41, 5.74) is 1.54. The SMILES string of the molecule is CC(C)(C)C1=CN=C(Cl)C1. The summed E-state index contributed by atoms with van der Waals surface area (Å²) in [6.45, 7) is 6.51. The number of hydrogen-bond acceptors (Lipinski definition) is 1. The first-order valence-electron chi connectivity index (χ1n) is 3.42. The van der Waals surface area contributed by atoms with Crippen LogP contribution in [0.4, 0.5) is 0 Å². The fourth-order valence-electron chi connectivity index (χ4n) is 0.855. The second-order valence-electron chi connectivity index (χ2n) is 3.59. The van der Waals surface area contributed by atoms with Gasteiger partial charge in [-0.15, -0.1) is 0 Å². The summed E-state index contributed by atoms with van der Waals surface area (Å²) >= 11 is 5.71. The Morgan fingerprint density at radius 1 is 1.50 bits per heavy atom. The first-order valence-corrected chi connectivity index (χ1v) is 3.79. The Bertz CT molecular complexity index is 196. The Morgan fingerprint density at radius 2 is 2.10 bits per heavy atom. The molecule has 1 aliphatic heterocycles. The number of allylic oxidation sites excluding steroid dienone is 1. The third-order valence-electron chi connectivity index (χ3n) is 1.66. The third kappa shape index (κ3) is 1.60. The van der Waals surface area contributed by atoms with E-state index in [0.29, 0.717) is 5.17 Å². The van der Waals surface area contributed by atoms with E-state index in [1.807, 2.05) is 6.20 Å². The van der Waals surface area contributed by atoms with Gasteiger partial charge in [0.25, 0.3) is 0 Å². The van der Waals surface area contributed by atoms with E-state index in [1.165, 1.54) is 5.57 Å². The summed E-state index contributed by atoms with van der Waals surface area (Å²) in [4.78, 5) is 4.00. The van der Waals surface area contributed by atoms with E-state index in [9.17, 15) is 0 Å². The van der Waals surface area contributed by atoms with Crippen molar-refractivity contribution in [1.29, 1.82) is 0 Å². The summed E-state index contributed by atoms with van der Waals surface area (Å²) in [5, 5.41) is 0.713. The van der Waals surface area contributed by atoms with Crippen molar-refractivity contribution in [3.05, 3.63) is 11.8 Å². The Morgan fingerprint density at radius 3 is 2.30 bits per heavy atom. The molecule has 0 unspecified atom stereocenters. The third-order valence-corrected chi connectivity index (χ3v) is 1.89. The molecule has 0 aromatic rings. The molecule has 0 amide bonds. The van der Waals surface area contributed by atoms with Crippen LogP contribution in [0.5, 0.6) is 0 Å². The zero-order chi connectivity index (χ0) is 7.78. The molecule has 0 aliphatic carbocycles. The van der Waals surface area contributed by atoms with Gasteiger partial charge in [0, 0.05) is 12.6 Å². The second kappa shape index (κ2) is 2.39. The summed E-state index contributed by atoms with van der Waals surface area (Å²) in [7, 11) is 0. The van der Waals surface area contributed by atoms with Crippen molar-refractivity contribution in [3.8, 4) is 0 Å². The largest absolute Gasteiger partial charge is 0.249 e. The van der Waals surface area contributed by atoms with E-state index >= 15 is 0 Å². The highest BCUT2D eigenvalue weighted by Crippen LogP contribution is 2.31. The van der Waals surface area contributed by atoms with E-state index in [0.717, 1.165) is 6.42 Å². The molecule has 0 spiro atoms. The van der Waals surface area contributed by atoms with Crippen molar-refractivity contribution in [3.63, 3.8) is 0 Å². The summed E-state index contributed by atoms with van der Waals surface area (Å²) < 4.78 is 0. The molecule has 10 heavy (non-hydrogen) atoms. The van der Waals surface area contributed by atoms with Crippen LogP contribution in [0, 0.1) is 5.41 Å². The van der Waals surface area contributed by atoms with Gasteiger partial charge in [-0.3, -0.25) is 0 Å². The zero-order valence-corrected chi connectivity index (χ0v) is 7.37. The van der Waals surface area contributed by atoms with Crippen LogP contribution in [-0.2, 0) is 0 Å². The lowest BCUT2D eigenvalue weighted by atomic mass is 9.86. The molecule has 2 heteroatoms. The van der Waals surface area contributed by atoms with Crippen LogP contribution in [0.1, 0.15) is 27.2 Å². The second-order valence-corrected chi connectivity index (χ2v) is 4.02.